The standard InChI is InChI=1S/C28H45N3O3.C4H7O.C2H5.U/c1-6-9-11-12-14-21(8-3)29-28-24(15-10-7-2)23(16-13-19-33-4)27(30-31-28)25-18-17-22(34-5)20-26(25)32;1-2-3-4-5;1-2;/h17-18,20-21,32H,6-16,19H2,1-5H3,(H,29,31);2-3H2,1H3;1H2,2H3;/q;2*-1;+2. The van der Waals surface area contributed by atoms with E-state index in [2.05, 4.69) is 43.2 Å². The Hall–Kier alpha value is -1.62. The number of nitrogens with zero attached hydrogens (tertiary/aromatic N) is 2. The maximum absolute atomic E-state index is 10.7. The first-order valence-corrected chi connectivity index (χ1v) is 15.6. The smallest absolute Gasteiger partial charge is 0.542 e. The van der Waals surface area contributed by atoms with Gasteiger partial charge in [0.2, 0.25) is 0 Å². The summed E-state index contributed by atoms with van der Waals surface area (Å²) in [5.41, 5.74) is 3.83. The van der Waals surface area contributed by atoms with E-state index in [0.29, 0.717) is 30.4 Å². The predicted molar refractivity (Wildman–Crippen MR) is 173 cm³/mol. The van der Waals surface area contributed by atoms with Gasteiger partial charge in [0, 0.05) is 37.0 Å². The molecule has 0 bridgehead atoms. The summed E-state index contributed by atoms with van der Waals surface area (Å²) < 4.78 is 10.6. The summed E-state index contributed by atoms with van der Waals surface area (Å²) in [5, 5.41) is 23.8. The second kappa shape index (κ2) is 28.2. The molecule has 42 heavy (non-hydrogen) atoms. The SMILES string of the molecule is CCCCCCC(CC)Nc1nnc(-c2ccc(OC)cc2O)c(CCCOC)c1CCCC.CCC[C-]=O.[CH2-]C.[U+2]. The number of unbranched alkanes of at least 4 members (excludes halogenated alkanes) is 5. The number of aromatic nitrogens is 2. The van der Waals surface area contributed by atoms with Crippen LogP contribution in [0.3, 0.4) is 0 Å². The topological polar surface area (TPSA) is 93.6 Å². The van der Waals surface area contributed by atoms with Crippen molar-refractivity contribution in [3.8, 4) is 22.8 Å². The van der Waals surface area contributed by atoms with E-state index in [1.807, 2.05) is 19.1 Å². The summed E-state index contributed by atoms with van der Waals surface area (Å²) in [4.78, 5) is 9.28. The minimum atomic E-state index is 0. The predicted octanol–water partition coefficient (Wildman–Crippen LogP) is 8.68. The first-order valence-electron chi connectivity index (χ1n) is 15.6. The molecule has 0 spiro atoms. The van der Waals surface area contributed by atoms with Crippen LogP contribution in [0.5, 0.6) is 11.5 Å². The number of ether oxygens (including phenoxy) is 2. The van der Waals surface area contributed by atoms with Crippen LogP contribution in [-0.2, 0) is 22.4 Å². The molecule has 7 nitrogen and oxygen atoms in total. The Labute approximate surface area is 280 Å². The van der Waals surface area contributed by atoms with Crippen molar-refractivity contribution < 1.29 is 50.5 Å². The number of phenolic OH excluding ortho intramolecular Hbond substituents is 1. The van der Waals surface area contributed by atoms with Crippen LogP contribution in [-0.4, -0.2) is 48.5 Å². The van der Waals surface area contributed by atoms with Crippen molar-refractivity contribution in [1.82, 2.24) is 10.2 Å². The van der Waals surface area contributed by atoms with Gasteiger partial charge in [0.1, 0.15) is 17.2 Å². The van der Waals surface area contributed by atoms with Gasteiger partial charge in [-0.1, -0.05) is 66.2 Å². The minimum Gasteiger partial charge on any atom is -0.542 e. The average Bonchev–Trinajstić information content (AvgIpc) is 3.00. The number of hydrogen-bond donors (Lipinski definition) is 2. The molecule has 1 aromatic heterocycles. The molecular formula is C34H57N3O4U. The minimum absolute atomic E-state index is 0. The number of carbonyl (C=O) groups excluding carboxylic acids is 1. The van der Waals surface area contributed by atoms with Gasteiger partial charge in [-0.2, -0.15) is 13.3 Å². The van der Waals surface area contributed by atoms with Crippen LogP contribution in [0.2, 0.25) is 0 Å². The monoisotopic (exact) mass is 809 g/mol. The Morgan fingerprint density at radius 2 is 1.62 bits per heavy atom. The maximum Gasteiger partial charge on any atom is 2.00 e. The molecule has 2 aromatic rings. The Kier molecular flexibility index (Phi) is 28.5. The summed E-state index contributed by atoms with van der Waals surface area (Å²) in [7, 11) is 3.33. The molecule has 0 fully saturated rings. The number of rotatable bonds is 19. The van der Waals surface area contributed by atoms with E-state index in [1.165, 1.54) is 31.2 Å². The van der Waals surface area contributed by atoms with Crippen LogP contribution >= 0.6 is 0 Å². The van der Waals surface area contributed by atoms with E-state index in [0.717, 1.165) is 68.4 Å². The van der Waals surface area contributed by atoms with Gasteiger partial charge in [-0.15, -0.1) is 10.2 Å². The molecule has 8 heteroatoms. The molecule has 2 rings (SSSR count). The van der Waals surface area contributed by atoms with Gasteiger partial charge in [-0.25, -0.2) is 0 Å². The zero-order valence-corrected chi connectivity index (χ0v) is 31.6. The summed E-state index contributed by atoms with van der Waals surface area (Å²) >= 11 is 0. The van der Waals surface area contributed by atoms with Gasteiger partial charge in [-0.3, -0.25) is 6.29 Å². The molecule has 1 aromatic carbocycles. The number of benzene rings is 1. The molecule has 0 saturated carbocycles. The van der Waals surface area contributed by atoms with E-state index < -0.39 is 0 Å². The molecule has 2 N–H and O–H groups in total. The van der Waals surface area contributed by atoms with Crippen molar-refractivity contribution in [3.05, 3.63) is 36.2 Å². The van der Waals surface area contributed by atoms with Crippen LogP contribution in [0.25, 0.3) is 11.3 Å². The number of anilines is 1. The molecule has 0 aliphatic rings. The number of aromatic hydroxyl groups is 1. The third-order valence-electron chi connectivity index (χ3n) is 6.79. The molecule has 0 radical (unpaired) electrons. The van der Waals surface area contributed by atoms with Crippen LogP contribution in [0.15, 0.2) is 18.2 Å². The van der Waals surface area contributed by atoms with Crippen molar-refractivity contribution in [1.29, 1.82) is 0 Å². The summed E-state index contributed by atoms with van der Waals surface area (Å²) in [5.74, 6) is 1.68. The van der Waals surface area contributed by atoms with Gasteiger partial charge in [0.25, 0.3) is 0 Å². The molecule has 0 aliphatic carbocycles. The van der Waals surface area contributed by atoms with Crippen LogP contribution < -0.4 is 10.1 Å². The Morgan fingerprint density at radius 1 is 0.929 bits per heavy atom. The van der Waals surface area contributed by atoms with E-state index in [4.69, 9.17) is 9.47 Å². The van der Waals surface area contributed by atoms with Crippen molar-refractivity contribution in [2.45, 2.75) is 124 Å². The summed E-state index contributed by atoms with van der Waals surface area (Å²) in [6.45, 7) is 14.3. The second-order valence-corrected chi connectivity index (χ2v) is 9.93. The van der Waals surface area contributed by atoms with Gasteiger partial charge in [-0.05, 0) is 56.2 Å². The molecule has 0 amide bonds. The Bertz CT molecular complexity index is 943. The fraction of sp³-hybridized carbons (Fsp3) is 0.647. The fourth-order valence-electron chi connectivity index (χ4n) is 4.45. The maximum atomic E-state index is 10.7. The van der Waals surface area contributed by atoms with Gasteiger partial charge < -0.3 is 31.6 Å². The van der Waals surface area contributed by atoms with Gasteiger partial charge in [0.05, 0.1) is 7.11 Å². The fourth-order valence-corrected chi connectivity index (χ4v) is 4.45. The third kappa shape index (κ3) is 16.3. The first kappa shape index (κ1) is 42.5. The van der Waals surface area contributed by atoms with E-state index in [1.54, 1.807) is 33.5 Å². The largest absolute Gasteiger partial charge is 2.00 e. The van der Waals surface area contributed by atoms with Crippen molar-refractivity contribution in [2.75, 3.05) is 26.1 Å². The van der Waals surface area contributed by atoms with Crippen LogP contribution in [0.4, 0.5) is 5.82 Å². The molecule has 236 valence electrons. The Morgan fingerprint density at radius 3 is 2.14 bits per heavy atom. The molecule has 1 unspecified atom stereocenters. The van der Waals surface area contributed by atoms with Crippen molar-refractivity contribution in [2.24, 2.45) is 0 Å². The zero-order chi connectivity index (χ0) is 30.9. The molecule has 0 aliphatic heterocycles. The molecular weight excluding hydrogens is 752 g/mol. The Balaban J connectivity index is 0. The zero-order valence-electron chi connectivity index (χ0n) is 27.5. The normalized spacial score (nSPS) is 10.8. The molecule has 1 heterocycles. The van der Waals surface area contributed by atoms with E-state index >= 15 is 0 Å². The number of phenols is 1. The number of nitrogens with one attached hydrogen (secondary N) is 1. The van der Waals surface area contributed by atoms with Gasteiger partial charge >= 0.3 is 31.1 Å². The second-order valence-electron chi connectivity index (χ2n) is 9.93. The van der Waals surface area contributed by atoms with Crippen molar-refractivity contribution >= 4 is 12.1 Å². The van der Waals surface area contributed by atoms with E-state index in [9.17, 15) is 9.90 Å². The average molecular weight is 810 g/mol. The summed E-state index contributed by atoms with van der Waals surface area (Å²) in [6, 6.07) is 5.75. The number of hydrogen-bond acceptors (Lipinski definition) is 7. The quantitative estimate of drug-likeness (QED) is 0.108. The molecule has 0 saturated heterocycles. The number of methoxy groups -OCH3 is 2. The third-order valence-corrected chi connectivity index (χ3v) is 6.79. The van der Waals surface area contributed by atoms with E-state index in [-0.39, 0.29) is 36.9 Å². The summed E-state index contributed by atoms with van der Waals surface area (Å²) in [6.07, 6.45) is 15.4. The first-order chi connectivity index (χ1) is 20.0. The van der Waals surface area contributed by atoms with Crippen LogP contribution in [0.1, 0.15) is 116 Å². The van der Waals surface area contributed by atoms with Crippen LogP contribution in [0, 0.1) is 38.0 Å². The van der Waals surface area contributed by atoms with Gasteiger partial charge in [0.15, 0.2) is 5.82 Å². The van der Waals surface area contributed by atoms with Crippen molar-refractivity contribution in [3.63, 3.8) is 0 Å². The molecule has 1 atom stereocenters.